The maximum atomic E-state index is 13.2. The van der Waals surface area contributed by atoms with Crippen LogP contribution in [0.1, 0.15) is 27.7 Å². The number of hydrogen-bond acceptors (Lipinski definition) is 4. The van der Waals surface area contributed by atoms with Crippen molar-refractivity contribution >= 4 is 17.3 Å². The van der Waals surface area contributed by atoms with Gasteiger partial charge in [-0.25, -0.2) is 0 Å². The Kier molecular flexibility index (Phi) is 3.77. The second kappa shape index (κ2) is 6.11. The Labute approximate surface area is 151 Å². The van der Waals surface area contributed by atoms with Crippen molar-refractivity contribution in [3.05, 3.63) is 83.4 Å². The molecule has 3 aromatic carbocycles. The molecule has 0 radical (unpaired) electrons. The van der Waals surface area contributed by atoms with Crippen molar-refractivity contribution in [1.29, 1.82) is 0 Å². The topological polar surface area (TPSA) is 72.8 Å². The third-order valence-corrected chi connectivity index (χ3v) is 4.55. The molecule has 1 heterocycles. The molecule has 1 atom stereocenters. The van der Waals surface area contributed by atoms with Crippen molar-refractivity contribution in [1.82, 2.24) is 0 Å². The van der Waals surface area contributed by atoms with E-state index in [9.17, 15) is 15.0 Å². The SMILES string of the molecule is Cc1ccc(N2C(=O)c3ccccc3N[C@@H]2c2ccc(O)c(O)c2)cc1. The number of carbonyl (C=O) groups is 1. The van der Waals surface area contributed by atoms with E-state index >= 15 is 0 Å². The minimum Gasteiger partial charge on any atom is -0.504 e. The molecule has 5 nitrogen and oxygen atoms in total. The van der Waals surface area contributed by atoms with Crippen LogP contribution in [0.4, 0.5) is 11.4 Å². The summed E-state index contributed by atoms with van der Waals surface area (Å²) in [6.07, 6.45) is -0.508. The zero-order chi connectivity index (χ0) is 18.3. The Morgan fingerprint density at radius 3 is 2.38 bits per heavy atom. The molecule has 0 unspecified atom stereocenters. The van der Waals surface area contributed by atoms with Crippen LogP contribution in [0, 0.1) is 6.92 Å². The molecule has 0 aromatic heterocycles. The molecule has 3 aromatic rings. The van der Waals surface area contributed by atoms with Crippen LogP contribution in [0.2, 0.25) is 0 Å². The molecule has 0 bridgehead atoms. The minimum atomic E-state index is -0.508. The van der Waals surface area contributed by atoms with Crippen molar-refractivity contribution in [3.63, 3.8) is 0 Å². The molecule has 0 aliphatic carbocycles. The van der Waals surface area contributed by atoms with Gasteiger partial charge in [-0.05, 0) is 48.9 Å². The molecule has 0 saturated carbocycles. The summed E-state index contributed by atoms with van der Waals surface area (Å²) in [5.41, 5.74) is 3.85. The predicted octanol–water partition coefficient (Wildman–Crippen LogP) is 4.18. The van der Waals surface area contributed by atoms with Crippen molar-refractivity contribution < 1.29 is 15.0 Å². The van der Waals surface area contributed by atoms with Gasteiger partial charge in [0.1, 0.15) is 6.17 Å². The van der Waals surface area contributed by atoms with Crippen LogP contribution in [-0.2, 0) is 0 Å². The summed E-state index contributed by atoms with van der Waals surface area (Å²) in [7, 11) is 0. The van der Waals surface area contributed by atoms with Gasteiger partial charge in [-0.15, -0.1) is 0 Å². The van der Waals surface area contributed by atoms with Gasteiger partial charge in [-0.2, -0.15) is 0 Å². The van der Waals surface area contributed by atoms with Gasteiger partial charge >= 0.3 is 0 Å². The van der Waals surface area contributed by atoms with E-state index in [0.29, 0.717) is 11.1 Å². The fourth-order valence-corrected chi connectivity index (χ4v) is 3.17. The summed E-state index contributed by atoms with van der Waals surface area (Å²) < 4.78 is 0. The number of rotatable bonds is 2. The maximum Gasteiger partial charge on any atom is 0.262 e. The van der Waals surface area contributed by atoms with Gasteiger partial charge < -0.3 is 15.5 Å². The largest absolute Gasteiger partial charge is 0.504 e. The lowest BCUT2D eigenvalue weighted by molar-refractivity contribution is 0.0975. The quantitative estimate of drug-likeness (QED) is 0.609. The van der Waals surface area contributed by atoms with E-state index in [0.717, 1.165) is 16.9 Å². The Morgan fingerprint density at radius 1 is 0.923 bits per heavy atom. The average Bonchev–Trinajstić information content (AvgIpc) is 2.65. The van der Waals surface area contributed by atoms with Crippen molar-refractivity contribution in [2.75, 3.05) is 10.2 Å². The highest BCUT2D eigenvalue weighted by molar-refractivity contribution is 6.12. The molecule has 1 aliphatic rings. The number of benzene rings is 3. The van der Waals surface area contributed by atoms with Gasteiger partial charge in [0, 0.05) is 11.4 Å². The first-order valence-electron chi connectivity index (χ1n) is 8.32. The number of nitrogens with zero attached hydrogens (tertiary/aromatic N) is 1. The van der Waals surface area contributed by atoms with Crippen LogP contribution in [0.25, 0.3) is 0 Å². The number of amides is 1. The minimum absolute atomic E-state index is 0.124. The van der Waals surface area contributed by atoms with E-state index in [2.05, 4.69) is 5.32 Å². The Morgan fingerprint density at radius 2 is 1.65 bits per heavy atom. The van der Waals surface area contributed by atoms with E-state index in [-0.39, 0.29) is 17.4 Å². The summed E-state index contributed by atoms with van der Waals surface area (Å²) in [5, 5.41) is 22.9. The zero-order valence-electron chi connectivity index (χ0n) is 14.2. The van der Waals surface area contributed by atoms with Crippen LogP contribution < -0.4 is 10.2 Å². The fourth-order valence-electron chi connectivity index (χ4n) is 3.17. The predicted molar refractivity (Wildman–Crippen MR) is 101 cm³/mol. The molecular weight excluding hydrogens is 328 g/mol. The molecule has 26 heavy (non-hydrogen) atoms. The van der Waals surface area contributed by atoms with Crippen LogP contribution in [0.15, 0.2) is 66.7 Å². The number of hydrogen-bond donors (Lipinski definition) is 3. The summed E-state index contributed by atoms with van der Waals surface area (Å²) in [6.45, 7) is 1.99. The first kappa shape index (κ1) is 16.0. The van der Waals surface area contributed by atoms with Gasteiger partial charge in [0.05, 0.1) is 5.56 Å². The number of anilines is 2. The number of aromatic hydroxyl groups is 2. The maximum absolute atomic E-state index is 13.2. The van der Waals surface area contributed by atoms with E-state index in [1.807, 2.05) is 49.4 Å². The molecule has 4 rings (SSSR count). The van der Waals surface area contributed by atoms with Crippen LogP contribution >= 0.6 is 0 Å². The zero-order valence-corrected chi connectivity index (χ0v) is 14.2. The number of fused-ring (bicyclic) bond motifs is 1. The average molecular weight is 346 g/mol. The normalized spacial score (nSPS) is 16.1. The van der Waals surface area contributed by atoms with Gasteiger partial charge in [-0.1, -0.05) is 35.9 Å². The van der Waals surface area contributed by atoms with Gasteiger partial charge in [0.15, 0.2) is 11.5 Å². The second-order valence-electron chi connectivity index (χ2n) is 6.35. The Balaban J connectivity index is 1.86. The van der Waals surface area contributed by atoms with E-state index < -0.39 is 6.17 Å². The molecule has 0 spiro atoms. The molecule has 0 saturated heterocycles. The fraction of sp³-hybridized carbons (Fsp3) is 0.0952. The van der Waals surface area contributed by atoms with Crippen molar-refractivity contribution in [2.24, 2.45) is 0 Å². The third-order valence-electron chi connectivity index (χ3n) is 4.55. The Bertz CT molecular complexity index is 983. The van der Waals surface area contributed by atoms with E-state index in [1.54, 1.807) is 17.0 Å². The number of aryl methyl sites for hydroxylation is 1. The molecule has 3 N–H and O–H groups in total. The monoisotopic (exact) mass is 346 g/mol. The summed E-state index contributed by atoms with van der Waals surface area (Å²) >= 11 is 0. The van der Waals surface area contributed by atoms with Gasteiger partial charge in [-0.3, -0.25) is 9.69 Å². The highest BCUT2D eigenvalue weighted by Gasteiger charge is 2.34. The summed E-state index contributed by atoms with van der Waals surface area (Å²) in [6, 6.07) is 19.6. The lowest BCUT2D eigenvalue weighted by Gasteiger charge is -2.38. The van der Waals surface area contributed by atoms with E-state index in [4.69, 9.17) is 0 Å². The molecule has 1 aliphatic heterocycles. The summed E-state index contributed by atoms with van der Waals surface area (Å²) in [4.78, 5) is 14.9. The number of phenols is 2. The molecule has 1 amide bonds. The number of nitrogens with one attached hydrogen (secondary N) is 1. The number of carbonyl (C=O) groups excluding carboxylic acids is 1. The molecule has 0 fully saturated rings. The van der Waals surface area contributed by atoms with Crippen LogP contribution in [-0.4, -0.2) is 16.1 Å². The van der Waals surface area contributed by atoms with Crippen molar-refractivity contribution in [3.8, 4) is 11.5 Å². The van der Waals surface area contributed by atoms with E-state index in [1.165, 1.54) is 12.1 Å². The lowest BCUT2D eigenvalue weighted by Crippen LogP contribution is -2.43. The third kappa shape index (κ3) is 2.63. The molecule has 5 heteroatoms. The second-order valence-corrected chi connectivity index (χ2v) is 6.35. The standard InChI is InChI=1S/C21H18N2O3/c1-13-6-9-15(10-7-13)23-20(14-8-11-18(24)19(25)12-14)22-17-5-3-2-4-16(17)21(23)26/h2-12,20,22,24-25H,1H3/t20-/m0/s1. The smallest absolute Gasteiger partial charge is 0.262 e. The van der Waals surface area contributed by atoms with Crippen LogP contribution in [0.5, 0.6) is 11.5 Å². The molecule has 130 valence electrons. The highest BCUT2D eigenvalue weighted by atomic mass is 16.3. The molecular formula is C21H18N2O3. The summed E-state index contributed by atoms with van der Waals surface area (Å²) in [5.74, 6) is -0.543. The van der Waals surface area contributed by atoms with Gasteiger partial charge in [0.2, 0.25) is 0 Å². The Hall–Kier alpha value is -3.47. The highest BCUT2D eigenvalue weighted by Crippen LogP contribution is 2.38. The van der Waals surface area contributed by atoms with Crippen molar-refractivity contribution in [2.45, 2.75) is 13.1 Å². The number of phenolic OH excluding ortho intramolecular Hbond substituents is 2. The first-order valence-corrected chi connectivity index (χ1v) is 8.32. The lowest BCUT2D eigenvalue weighted by atomic mass is 10.0. The first-order chi connectivity index (χ1) is 12.5. The number of para-hydroxylation sites is 1. The van der Waals surface area contributed by atoms with Crippen LogP contribution in [0.3, 0.4) is 0 Å². The van der Waals surface area contributed by atoms with Gasteiger partial charge in [0.25, 0.3) is 5.91 Å².